The van der Waals surface area contributed by atoms with Crippen LogP contribution in [-0.2, 0) is 4.79 Å². The average molecular weight is 379 g/mol. The number of para-hydroxylation sites is 1. The van der Waals surface area contributed by atoms with Crippen molar-refractivity contribution < 1.29 is 13.9 Å². The number of aromatic nitrogens is 4. The molecule has 1 aliphatic carbocycles. The second-order valence-corrected chi connectivity index (χ2v) is 7.17. The number of likely N-dealkylation sites (N-methyl/N-ethyl adjacent to an activating group) is 1. The van der Waals surface area contributed by atoms with Crippen LogP contribution in [-0.4, -0.2) is 57.0 Å². The first kappa shape index (κ1) is 18.6. The van der Waals surface area contributed by atoms with Gasteiger partial charge in [0.2, 0.25) is 11.1 Å². The highest BCUT2D eigenvalue weighted by molar-refractivity contribution is 7.99. The Morgan fingerprint density at radius 1 is 1.38 bits per heavy atom. The summed E-state index contributed by atoms with van der Waals surface area (Å²) in [5, 5.41) is 12.5. The summed E-state index contributed by atoms with van der Waals surface area (Å²) in [5.74, 6) is -0.00844. The Bertz CT molecular complexity index is 735. The quantitative estimate of drug-likeness (QED) is 0.657. The van der Waals surface area contributed by atoms with E-state index in [9.17, 15) is 9.18 Å². The fraction of sp³-hybridized carbons (Fsp3) is 0.529. The van der Waals surface area contributed by atoms with E-state index in [1.807, 2.05) is 4.68 Å². The predicted molar refractivity (Wildman–Crippen MR) is 95.6 cm³/mol. The normalized spacial score (nSPS) is 14.5. The minimum Gasteiger partial charge on any atom is -0.489 e. The Morgan fingerprint density at radius 3 is 2.92 bits per heavy atom. The molecule has 1 aliphatic rings. The maximum Gasteiger partial charge on any atom is 0.232 e. The molecule has 26 heavy (non-hydrogen) atoms. The second kappa shape index (κ2) is 8.98. The largest absolute Gasteiger partial charge is 0.489 e. The lowest BCUT2D eigenvalue weighted by Gasteiger charge is -2.17. The summed E-state index contributed by atoms with van der Waals surface area (Å²) in [6.07, 6.45) is 4.55. The molecule has 1 aromatic carbocycles. The Balaban J connectivity index is 1.43. The van der Waals surface area contributed by atoms with Crippen LogP contribution in [0, 0.1) is 5.82 Å². The molecule has 1 amide bonds. The molecule has 0 atom stereocenters. The van der Waals surface area contributed by atoms with Crippen molar-refractivity contribution in [3.05, 3.63) is 30.1 Å². The van der Waals surface area contributed by atoms with Crippen LogP contribution in [0.4, 0.5) is 4.39 Å². The van der Waals surface area contributed by atoms with Crippen molar-refractivity contribution >= 4 is 17.7 Å². The number of nitrogens with zero attached hydrogens (tertiary/aromatic N) is 5. The number of carbonyl (C=O) groups excluding carboxylic acids is 1. The number of tetrazole rings is 1. The van der Waals surface area contributed by atoms with Crippen molar-refractivity contribution in [2.45, 2.75) is 36.9 Å². The fourth-order valence-electron chi connectivity index (χ4n) is 2.87. The molecule has 2 aromatic rings. The van der Waals surface area contributed by atoms with Gasteiger partial charge in [-0.3, -0.25) is 4.79 Å². The molecule has 1 heterocycles. The summed E-state index contributed by atoms with van der Waals surface area (Å²) in [6, 6.07) is 6.56. The zero-order valence-corrected chi connectivity index (χ0v) is 15.5. The number of hydrogen-bond donors (Lipinski definition) is 0. The van der Waals surface area contributed by atoms with E-state index in [1.165, 1.54) is 30.7 Å². The Hall–Kier alpha value is -2.16. The van der Waals surface area contributed by atoms with E-state index in [0.717, 1.165) is 12.8 Å². The summed E-state index contributed by atoms with van der Waals surface area (Å²) in [7, 11) is 1.70. The van der Waals surface area contributed by atoms with Gasteiger partial charge in [0.15, 0.2) is 11.6 Å². The van der Waals surface area contributed by atoms with Crippen LogP contribution in [0.2, 0.25) is 0 Å². The molecule has 0 spiro atoms. The van der Waals surface area contributed by atoms with Crippen LogP contribution in [0.5, 0.6) is 5.75 Å². The summed E-state index contributed by atoms with van der Waals surface area (Å²) in [4.78, 5) is 13.8. The summed E-state index contributed by atoms with van der Waals surface area (Å²) < 4.78 is 20.7. The van der Waals surface area contributed by atoms with Gasteiger partial charge in [-0.2, -0.15) is 0 Å². The Labute approximate surface area is 155 Å². The third-order valence-electron chi connectivity index (χ3n) is 4.40. The summed E-state index contributed by atoms with van der Waals surface area (Å²) in [5.41, 5.74) is 0. The van der Waals surface area contributed by atoms with E-state index in [0.29, 0.717) is 17.7 Å². The fourth-order valence-corrected chi connectivity index (χ4v) is 3.76. The van der Waals surface area contributed by atoms with Gasteiger partial charge in [-0.1, -0.05) is 36.7 Å². The lowest BCUT2D eigenvalue weighted by molar-refractivity contribution is -0.127. The smallest absolute Gasteiger partial charge is 0.232 e. The number of halogens is 1. The average Bonchev–Trinajstić information content (AvgIpc) is 3.32. The topological polar surface area (TPSA) is 73.1 Å². The SMILES string of the molecule is CN(CCOc1ccccc1F)C(=O)CSc1nnnn1C1CCCC1. The molecule has 0 saturated heterocycles. The van der Waals surface area contributed by atoms with Crippen molar-refractivity contribution in [2.75, 3.05) is 26.0 Å². The van der Waals surface area contributed by atoms with Gasteiger partial charge in [0, 0.05) is 7.05 Å². The number of hydrogen-bond acceptors (Lipinski definition) is 6. The first-order valence-corrected chi connectivity index (χ1v) is 9.65. The Kier molecular flexibility index (Phi) is 6.43. The van der Waals surface area contributed by atoms with Crippen molar-refractivity contribution in [3.8, 4) is 5.75 Å². The number of rotatable bonds is 8. The maximum atomic E-state index is 13.5. The van der Waals surface area contributed by atoms with Crippen LogP contribution >= 0.6 is 11.8 Å². The Morgan fingerprint density at radius 2 is 2.15 bits per heavy atom. The van der Waals surface area contributed by atoms with Gasteiger partial charge in [0.1, 0.15) is 6.61 Å². The number of benzene rings is 1. The van der Waals surface area contributed by atoms with Crippen LogP contribution in [0.3, 0.4) is 0 Å². The van der Waals surface area contributed by atoms with Gasteiger partial charge in [0.05, 0.1) is 18.3 Å². The molecular formula is C17H22FN5O2S. The number of thioether (sulfide) groups is 1. The minimum atomic E-state index is -0.407. The third kappa shape index (κ3) is 4.72. The molecule has 1 aromatic heterocycles. The molecule has 0 bridgehead atoms. The molecule has 0 unspecified atom stereocenters. The van der Waals surface area contributed by atoms with E-state index in [4.69, 9.17) is 4.74 Å². The van der Waals surface area contributed by atoms with E-state index >= 15 is 0 Å². The number of ether oxygens (including phenoxy) is 1. The first-order chi connectivity index (χ1) is 12.6. The molecule has 7 nitrogen and oxygen atoms in total. The zero-order chi connectivity index (χ0) is 18.4. The molecule has 3 rings (SSSR count). The molecule has 0 aliphatic heterocycles. The van der Waals surface area contributed by atoms with Gasteiger partial charge >= 0.3 is 0 Å². The highest BCUT2D eigenvalue weighted by atomic mass is 32.2. The maximum absolute atomic E-state index is 13.5. The van der Waals surface area contributed by atoms with Gasteiger partial charge < -0.3 is 9.64 Å². The first-order valence-electron chi connectivity index (χ1n) is 8.67. The van der Waals surface area contributed by atoms with Crippen LogP contribution in [0.15, 0.2) is 29.4 Å². The molecule has 1 saturated carbocycles. The second-order valence-electron chi connectivity index (χ2n) is 6.23. The van der Waals surface area contributed by atoms with E-state index < -0.39 is 5.82 Å². The standard InChI is InChI=1S/C17H22FN5O2S/c1-22(10-11-25-15-9-5-4-8-14(15)18)16(24)12-26-17-19-20-21-23(17)13-6-2-3-7-13/h4-5,8-9,13H,2-3,6-7,10-12H2,1H3. The molecule has 140 valence electrons. The monoisotopic (exact) mass is 379 g/mol. The van der Waals surface area contributed by atoms with Crippen molar-refractivity contribution in [3.63, 3.8) is 0 Å². The molecular weight excluding hydrogens is 357 g/mol. The predicted octanol–water partition coefficient (Wildman–Crippen LogP) is 2.56. The molecule has 9 heteroatoms. The van der Waals surface area contributed by atoms with Gasteiger partial charge in [-0.25, -0.2) is 9.07 Å². The summed E-state index contributed by atoms with van der Waals surface area (Å²) >= 11 is 1.34. The third-order valence-corrected chi connectivity index (χ3v) is 5.32. The van der Waals surface area contributed by atoms with Crippen molar-refractivity contribution in [1.29, 1.82) is 0 Å². The highest BCUT2D eigenvalue weighted by Crippen LogP contribution is 2.31. The van der Waals surface area contributed by atoms with Gasteiger partial charge in [0.25, 0.3) is 0 Å². The number of carbonyl (C=O) groups is 1. The number of amides is 1. The van der Waals surface area contributed by atoms with E-state index in [-0.39, 0.29) is 24.0 Å². The van der Waals surface area contributed by atoms with Crippen molar-refractivity contribution in [2.24, 2.45) is 0 Å². The highest BCUT2D eigenvalue weighted by Gasteiger charge is 2.22. The van der Waals surface area contributed by atoms with Crippen LogP contribution in [0.1, 0.15) is 31.7 Å². The zero-order valence-electron chi connectivity index (χ0n) is 14.7. The van der Waals surface area contributed by atoms with Crippen LogP contribution < -0.4 is 4.74 Å². The van der Waals surface area contributed by atoms with Crippen LogP contribution in [0.25, 0.3) is 0 Å². The lowest BCUT2D eigenvalue weighted by Crippen LogP contribution is -2.32. The van der Waals surface area contributed by atoms with Gasteiger partial charge in [-0.15, -0.1) is 5.10 Å². The summed E-state index contributed by atoms with van der Waals surface area (Å²) in [6.45, 7) is 0.606. The molecule has 1 fully saturated rings. The molecule has 0 radical (unpaired) electrons. The van der Waals surface area contributed by atoms with Gasteiger partial charge in [-0.05, 0) is 35.4 Å². The van der Waals surface area contributed by atoms with Crippen molar-refractivity contribution in [1.82, 2.24) is 25.1 Å². The lowest BCUT2D eigenvalue weighted by atomic mass is 10.3. The minimum absolute atomic E-state index is 0.0481. The molecule has 0 N–H and O–H groups in total. The van der Waals surface area contributed by atoms with E-state index in [1.54, 1.807) is 30.1 Å². The van der Waals surface area contributed by atoms with E-state index in [2.05, 4.69) is 15.5 Å².